The van der Waals surface area contributed by atoms with E-state index in [1.807, 2.05) is 12.1 Å². The van der Waals surface area contributed by atoms with Gasteiger partial charge in [0.15, 0.2) is 0 Å². The Balaban J connectivity index is 1.51. The van der Waals surface area contributed by atoms with Crippen LogP contribution in [0.5, 0.6) is 0 Å². The fourth-order valence-electron chi connectivity index (χ4n) is 2.53. The van der Waals surface area contributed by atoms with Gasteiger partial charge in [-0.1, -0.05) is 24.3 Å². The van der Waals surface area contributed by atoms with Crippen molar-refractivity contribution in [1.29, 1.82) is 0 Å². The average Bonchev–Trinajstić information content (AvgIpc) is 3.00. The van der Waals surface area contributed by atoms with Crippen molar-refractivity contribution in [2.45, 2.75) is 25.4 Å². The number of benzene rings is 1. The Hall–Kier alpha value is -1.65. The van der Waals surface area contributed by atoms with Gasteiger partial charge in [-0.25, -0.2) is 0 Å². The second-order valence-corrected chi connectivity index (χ2v) is 5.86. The zero-order valence-electron chi connectivity index (χ0n) is 11.3. The SMILES string of the molecule is O=C(NCCc1ccsc1)[C@@H]1Cc2ccccc2CN1. The van der Waals surface area contributed by atoms with Crippen LogP contribution in [0.3, 0.4) is 0 Å². The van der Waals surface area contributed by atoms with Crippen LogP contribution in [-0.2, 0) is 24.2 Å². The first-order valence-electron chi connectivity index (χ1n) is 6.92. The van der Waals surface area contributed by atoms with Gasteiger partial charge in [-0.3, -0.25) is 4.79 Å². The van der Waals surface area contributed by atoms with E-state index in [9.17, 15) is 4.79 Å². The molecule has 1 atom stereocenters. The molecule has 0 saturated carbocycles. The minimum atomic E-state index is -0.104. The Morgan fingerprint density at radius 3 is 2.95 bits per heavy atom. The van der Waals surface area contributed by atoms with Crippen molar-refractivity contribution >= 4 is 17.2 Å². The molecule has 0 aliphatic carbocycles. The summed E-state index contributed by atoms with van der Waals surface area (Å²) in [7, 11) is 0. The average molecular weight is 286 g/mol. The molecule has 0 spiro atoms. The molecule has 2 heterocycles. The van der Waals surface area contributed by atoms with Crippen LogP contribution in [0.1, 0.15) is 16.7 Å². The van der Waals surface area contributed by atoms with Gasteiger partial charge in [0.05, 0.1) is 6.04 Å². The van der Waals surface area contributed by atoms with E-state index >= 15 is 0 Å². The second kappa shape index (κ2) is 6.20. The van der Waals surface area contributed by atoms with Crippen LogP contribution in [0, 0.1) is 0 Å². The van der Waals surface area contributed by atoms with E-state index in [0.29, 0.717) is 6.54 Å². The van der Waals surface area contributed by atoms with E-state index < -0.39 is 0 Å². The van der Waals surface area contributed by atoms with Crippen molar-refractivity contribution in [3.8, 4) is 0 Å². The standard InChI is InChI=1S/C16H18N2OS/c19-16(17-7-5-12-6-8-20-11-12)15-9-13-3-1-2-4-14(13)10-18-15/h1-4,6,8,11,15,18H,5,7,9-10H2,(H,17,19)/t15-/m0/s1. The molecule has 2 N–H and O–H groups in total. The third-order valence-electron chi connectivity index (χ3n) is 3.69. The quantitative estimate of drug-likeness (QED) is 0.904. The van der Waals surface area contributed by atoms with Crippen LogP contribution in [-0.4, -0.2) is 18.5 Å². The van der Waals surface area contributed by atoms with Gasteiger partial charge in [0.2, 0.25) is 5.91 Å². The van der Waals surface area contributed by atoms with E-state index in [-0.39, 0.29) is 11.9 Å². The van der Waals surface area contributed by atoms with Gasteiger partial charge in [0.1, 0.15) is 0 Å². The highest BCUT2D eigenvalue weighted by atomic mass is 32.1. The van der Waals surface area contributed by atoms with Gasteiger partial charge < -0.3 is 10.6 Å². The maximum Gasteiger partial charge on any atom is 0.237 e. The fourth-order valence-corrected chi connectivity index (χ4v) is 3.23. The molecular formula is C16H18N2OS. The number of carbonyl (C=O) groups excluding carboxylic acids is 1. The number of carbonyl (C=O) groups is 1. The highest BCUT2D eigenvalue weighted by Crippen LogP contribution is 2.16. The number of nitrogens with one attached hydrogen (secondary N) is 2. The lowest BCUT2D eigenvalue weighted by atomic mass is 9.95. The lowest BCUT2D eigenvalue weighted by molar-refractivity contribution is -0.123. The summed E-state index contributed by atoms with van der Waals surface area (Å²) in [6, 6.07) is 10.3. The van der Waals surface area contributed by atoms with Crippen molar-refractivity contribution in [3.63, 3.8) is 0 Å². The zero-order chi connectivity index (χ0) is 13.8. The smallest absolute Gasteiger partial charge is 0.237 e. The summed E-state index contributed by atoms with van der Waals surface area (Å²) in [6.07, 6.45) is 1.68. The van der Waals surface area contributed by atoms with Gasteiger partial charge in [-0.2, -0.15) is 11.3 Å². The van der Waals surface area contributed by atoms with Crippen LogP contribution in [0.2, 0.25) is 0 Å². The molecular weight excluding hydrogens is 268 g/mol. The van der Waals surface area contributed by atoms with E-state index in [1.165, 1.54) is 16.7 Å². The van der Waals surface area contributed by atoms with Crippen molar-refractivity contribution < 1.29 is 4.79 Å². The maximum absolute atomic E-state index is 12.2. The first kappa shape index (κ1) is 13.3. The normalized spacial score (nSPS) is 17.5. The largest absolute Gasteiger partial charge is 0.354 e. The van der Waals surface area contributed by atoms with Gasteiger partial charge >= 0.3 is 0 Å². The minimum Gasteiger partial charge on any atom is -0.354 e. The molecule has 0 bridgehead atoms. The van der Waals surface area contributed by atoms with E-state index in [0.717, 1.165) is 19.4 Å². The summed E-state index contributed by atoms with van der Waals surface area (Å²) >= 11 is 1.69. The van der Waals surface area contributed by atoms with E-state index in [1.54, 1.807) is 11.3 Å². The summed E-state index contributed by atoms with van der Waals surface area (Å²) in [4.78, 5) is 12.2. The first-order valence-corrected chi connectivity index (χ1v) is 7.86. The summed E-state index contributed by atoms with van der Waals surface area (Å²) in [5.74, 6) is 0.106. The van der Waals surface area contributed by atoms with Crippen molar-refractivity contribution in [1.82, 2.24) is 10.6 Å². The molecule has 4 heteroatoms. The monoisotopic (exact) mass is 286 g/mol. The number of thiophene rings is 1. The van der Waals surface area contributed by atoms with Crippen LogP contribution < -0.4 is 10.6 Å². The van der Waals surface area contributed by atoms with Crippen molar-refractivity contribution in [3.05, 3.63) is 57.8 Å². The molecule has 1 amide bonds. The van der Waals surface area contributed by atoms with Crippen molar-refractivity contribution in [2.75, 3.05) is 6.54 Å². The molecule has 0 radical (unpaired) electrons. The van der Waals surface area contributed by atoms with Crippen LogP contribution in [0.4, 0.5) is 0 Å². The number of amides is 1. The zero-order valence-corrected chi connectivity index (χ0v) is 12.1. The maximum atomic E-state index is 12.2. The van der Waals surface area contributed by atoms with Crippen molar-refractivity contribution in [2.24, 2.45) is 0 Å². The van der Waals surface area contributed by atoms with Gasteiger partial charge in [-0.15, -0.1) is 0 Å². The molecule has 1 aromatic carbocycles. The van der Waals surface area contributed by atoms with E-state index in [4.69, 9.17) is 0 Å². The van der Waals surface area contributed by atoms with Crippen LogP contribution in [0.15, 0.2) is 41.1 Å². The Bertz CT molecular complexity index is 580. The number of rotatable bonds is 4. The molecule has 1 aliphatic heterocycles. The topological polar surface area (TPSA) is 41.1 Å². The predicted octanol–water partition coefficient (Wildman–Crippen LogP) is 2.12. The Labute approximate surface area is 123 Å². The minimum absolute atomic E-state index is 0.104. The third-order valence-corrected chi connectivity index (χ3v) is 4.42. The van der Waals surface area contributed by atoms with Crippen LogP contribution in [0.25, 0.3) is 0 Å². The van der Waals surface area contributed by atoms with Gasteiger partial charge in [0.25, 0.3) is 0 Å². The van der Waals surface area contributed by atoms with E-state index in [2.05, 4.69) is 39.6 Å². The first-order chi connectivity index (χ1) is 9.83. The molecule has 0 saturated heterocycles. The Morgan fingerprint density at radius 2 is 2.15 bits per heavy atom. The summed E-state index contributed by atoms with van der Waals surface area (Å²) in [6.45, 7) is 1.48. The van der Waals surface area contributed by atoms with Gasteiger partial charge in [0, 0.05) is 13.1 Å². The molecule has 2 aromatic rings. The highest BCUT2D eigenvalue weighted by molar-refractivity contribution is 7.07. The number of hydrogen-bond donors (Lipinski definition) is 2. The third kappa shape index (κ3) is 3.08. The number of fused-ring (bicyclic) bond motifs is 1. The van der Waals surface area contributed by atoms with Gasteiger partial charge in [-0.05, 0) is 46.4 Å². The molecule has 0 fully saturated rings. The highest BCUT2D eigenvalue weighted by Gasteiger charge is 2.23. The summed E-state index contributed by atoms with van der Waals surface area (Å²) < 4.78 is 0. The molecule has 3 rings (SSSR count). The second-order valence-electron chi connectivity index (χ2n) is 5.08. The summed E-state index contributed by atoms with van der Waals surface area (Å²) in [5.41, 5.74) is 3.87. The fraction of sp³-hybridized carbons (Fsp3) is 0.312. The number of hydrogen-bond acceptors (Lipinski definition) is 3. The molecule has 1 aliphatic rings. The molecule has 1 aromatic heterocycles. The Kier molecular flexibility index (Phi) is 4.14. The lowest BCUT2D eigenvalue weighted by Gasteiger charge is -2.25. The molecule has 20 heavy (non-hydrogen) atoms. The summed E-state index contributed by atoms with van der Waals surface area (Å²) in [5, 5.41) is 10.5. The lowest BCUT2D eigenvalue weighted by Crippen LogP contribution is -2.48. The predicted molar refractivity (Wildman–Crippen MR) is 81.8 cm³/mol. The Morgan fingerprint density at radius 1 is 1.30 bits per heavy atom. The molecule has 3 nitrogen and oxygen atoms in total. The molecule has 104 valence electrons. The van der Waals surface area contributed by atoms with Crippen LogP contribution >= 0.6 is 11.3 Å². The molecule has 0 unspecified atom stereocenters.